The third-order valence-corrected chi connectivity index (χ3v) is 3.39. The molecule has 2 N–H and O–H groups in total. The Morgan fingerprint density at radius 1 is 1.58 bits per heavy atom. The minimum absolute atomic E-state index is 0.00519. The van der Waals surface area contributed by atoms with E-state index in [0.717, 1.165) is 10.6 Å². The number of ether oxygens (including phenoxy) is 1. The van der Waals surface area contributed by atoms with E-state index in [-0.39, 0.29) is 12.3 Å². The first-order chi connectivity index (χ1) is 8.97. The molecule has 0 bridgehead atoms. The summed E-state index contributed by atoms with van der Waals surface area (Å²) in [6.07, 6.45) is 0.653. The maximum Gasteiger partial charge on any atom is 0.408 e. The fraction of sp³-hybridized carbons (Fsp3) is 0.583. The first kappa shape index (κ1) is 13.4. The van der Waals surface area contributed by atoms with Crippen LogP contribution in [0.1, 0.15) is 31.3 Å². The third kappa shape index (κ3) is 2.16. The lowest BCUT2D eigenvalue weighted by atomic mass is 9.89. The number of H-pyrrole nitrogens is 1. The molecule has 0 saturated heterocycles. The van der Waals surface area contributed by atoms with Crippen LogP contribution in [0.4, 0.5) is 4.79 Å². The number of hydrogen-bond donors (Lipinski definition) is 2. The van der Waals surface area contributed by atoms with E-state index < -0.39 is 24.1 Å². The number of imidazole rings is 1. The van der Waals surface area contributed by atoms with Gasteiger partial charge in [-0.15, -0.1) is 0 Å². The zero-order chi connectivity index (χ0) is 14.2. The molecule has 2 heterocycles. The first-order valence-electron chi connectivity index (χ1n) is 6.08. The van der Waals surface area contributed by atoms with Gasteiger partial charge in [0.1, 0.15) is 6.04 Å². The normalized spacial score (nSPS) is 22.2. The number of amides is 1. The Kier molecular flexibility index (Phi) is 3.46. The Bertz CT molecular complexity index is 497. The van der Waals surface area contributed by atoms with E-state index in [2.05, 4.69) is 9.97 Å². The summed E-state index contributed by atoms with van der Waals surface area (Å²) in [5, 5.41) is 9.42. The van der Waals surface area contributed by atoms with Gasteiger partial charge in [0.2, 0.25) is 0 Å². The number of nitrogens with zero attached hydrogens (tertiary/aromatic N) is 2. The monoisotopic (exact) mass is 267 g/mol. The van der Waals surface area contributed by atoms with Crippen LogP contribution < -0.4 is 0 Å². The van der Waals surface area contributed by atoms with Crippen LogP contribution in [-0.2, 0) is 16.0 Å². The Hall–Kier alpha value is -2.05. The molecule has 0 aromatic carbocycles. The summed E-state index contributed by atoms with van der Waals surface area (Å²) >= 11 is 0. The van der Waals surface area contributed by atoms with E-state index >= 15 is 0 Å². The Labute approximate surface area is 110 Å². The van der Waals surface area contributed by atoms with Gasteiger partial charge in [-0.05, 0) is 5.92 Å². The van der Waals surface area contributed by atoms with E-state index in [1.165, 1.54) is 13.4 Å². The number of carboxylic acid groups (broad SMARTS) is 1. The molecule has 1 aliphatic rings. The topological polar surface area (TPSA) is 95.5 Å². The van der Waals surface area contributed by atoms with Gasteiger partial charge in [-0.25, -0.2) is 14.6 Å². The van der Waals surface area contributed by atoms with Gasteiger partial charge in [-0.3, -0.25) is 4.90 Å². The molecule has 1 amide bonds. The Balaban J connectivity index is 2.49. The maximum atomic E-state index is 11.8. The highest BCUT2D eigenvalue weighted by Crippen LogP contribution is 2.36. The molecule has 0 aliphatic carbocycles. The minimum atomic E-state index is -1.14. The number of aromatic amines is 1. The van der Waals surface area contributed by atoms with E-state index in [1.54, 1.807) is 0 Å². The number of fused-ring (bicyclic) bond motifs is 1. The molecule has 1 aromatic rings. The first-order valence-corrected chi connectivity index (χ1v) is 6.08. The number of esters is 1. The number of aromatic nitrogens is 2. The Morgan fingerprint density at radius 3 is 2.79 bits per heavy atom. The molecular formula is C12H17N3O4. The molecule has 7 nitrogen and oxygen atoms in total. The lowest BCUT2D eigenvalue weighted by Gasteiger charge is -2.39. The van der Waals surface area contributed by atoms with Crippen molar-refractivity contribution in [3.05, 3.63) is 17.7 Å². The van der Waals surface area contributed by atoms with Crippen molar-refractivity contribution in [1.82, 2.24) is 14.9 Å². The molecule has 2 rings (SSSR count). The van der Waals surface area contributed by atoms with Crippen LogP contribution >= 0.6 is 0 Å². The molecule has 1 aromatic heterocycles. The predicted octanol–water partition coefficient (Wildman–Crippen LogP) is 1.18. The predicted molar refractivity (Wildman–Crippen MR) is 65.5 cm³/mol. The van der Waals surface area contributed by atoms with Crippen molar-refractivity contribution in [2.24, 2.45) is 5.92 Å². The van der Waals surface area contributed by atoms with Gasteiger partial charge in [-0.2, -0.15) is 0 Å². The quantitative estimate of drug-likeness (QED) is 0.784. The van der Waals surface area contributed by atoms with Gasteiger partial charge < -0.3 is 14.8 Å². The second-order valence-corrected chi connectivity index (χ2v) is 4.89. The SMILES string of the molecule is COC(=O)[C@@H]1Cc2[nH]cnc2[C@H](C(C)C)N1C(=O)O. The summed E-state index contributed by atoms with van der Waals surface area (Å²) in [4.78, 5) is 31.7. The van der Waals surface area contributed by atoms with Crippen molar-refractivity contribution in [1.29, 1.82) is 0 Å². The zero-order valence-electron chi connectivity index (χ0n) is 11.1. The second-order valence-electron chi connectivity index (χ2n) is 4.89. The van der Waals surface area contributed by atoms with Crippen molar-refractivity contribution in [2.75, 3.05) is 7.11 Å². The van der Waals surface area contributed by atoms with Gasteiger partial charge in [0, 0.05) is 12.1 Å². The highest BCUT2D eigenvalue weighted by Gasteiger charge is 2.44. The second kappa shape index (κ2) is 4.91. The molecule has 19 heavy (non-hydrogen) atoms. The minimum Gasteiger partial charge on any atom is -0.467 e. The van der Waals surface area contributed by atoms with E-state index in [1.807, 2.05) is 13.8 Å². The fourth-order valence-electron chi connectivity index (χ4n) is 2.59. The van der Waals surface area contributed by atoms with Crippen LogP contribution in [0.2, 0.25) is 0 Å². The molecular weight excluding hydrogens is 250 g/mol. The maximum absolute atomic E-state index is 11.8. The molecule has 0 unspecified atom stereocenters. The van der Waals surface area contributed by atoms with Crippen LogP contribution in [-0.4, -0.2) is 45.2 Å². The Morgan fingerprint density at radius 2 is 2.26 bits per heavy atom. The molecule has 1 aliphatic heterocycles. The summed E-state index contributed by atoms with van der Waals surface area (Å²) in [5.41, 5.74) is 1.49. The number of nitrogens with one attached hydrogen (secondary N) is 1. The lowest BCUT2D eigenvalue weighted by Crippen LogP contribution is -2.52. The smallest absolute Gasteiger partial charge is 0.408 e. The van der Waals surface area contributed by atoms with E-state index in [9.17, 15) is 14.7 Å². The largest absolute Gasteiger partial charge is 0.467 e. The molecule has 104 valence electrons. The highest BCUT2D eigenvalue weighted by molar-refractivity contribution is 5.82. The van der Waals surface area contributed by atoms with Gasteiger partial charge in [0.05, 0.1) is 25.2 Å². The average Bonchev–Trinajstić information content (AvgIpc) is 2.82. The van der Waals surface area contributed by atoms with Gasteiger partial charge in [0.25, 0.3) is 0 Å². The van der Waals surface area contributed by atoms with Gasteiger partial charge in [0.15, 0.2) is 0 Å². The van der Waals surface area contributed by atoms with E-state index in [4.69, 9.17) is 4.74 Å². The summed E-state index contributed by atoms with van der Waals surface area (Å²) in [6, 6.07) is -1.28. The van der Waals surface area contributed by atoms with Crippen LogP contribution in [0.25, 0.3) is 0 Å². The molecule has 0 saturated carbocycles. The number of rotatable bonds is 2. The van der Waals surface area contributed by atoms with Gasteiger partial charge in [-0.1, -0.05) is 13.8 Å². The summed E-state index contributed by atoms with van der Waals surface area (Å²) in [6.45, 7) is 3.80. The van der Waals surface area contributed by atoms with Crippen molar-refractivity contribution in [3.8, 4) is 0 Å². The van der Waals surface area contributed by atoms with Crippen molar-refractivity contribution in [3.63, 3.8) is 0 Å². The fourth-order valence-corrected chi connectivity index (χ4v) is 2.59. The number of carbonyl (C=O) groups is 2. The third-order valence-electron chi connectivity index (χ3n) is 3.39. The van der Waals surface area contributed by atoms with Crippen LogP contribution in [0.5, 0.6) is 0 Å². The van der Waals surface area contributed by atoms with Crippen molar-refractivity contribution < 1.29 is 19.4 Å². The molecule has 0 radical (unpaired) electrons. The van der Waals surface area contributed by atoms with Crippen molar-refractivity contribution in [2.45, 2.75) is 32.4 Å². The number of carbonyl (C=O) groups excluding carboxylic acids is 1. The summed E-state index contributed by atoms with van der Waals surface area (Å²) in [5.74, 6) is -0.543. The molecule has 0 fully saturated rings. The van der Waals surface area contributed by atoms with Crippen molar-refractivity contribution >= 4 is 12.1 Å². The van der Waals surface area contributed by atoms with Crippen LogP contribution in [0.15, 0.2) is 6.33 Å². The lowest BCUT2D eigenvalue weighted by molar-refractivity contribution is -0.148. The molecule has 2 atom stereocenters. The van der Waals surface area contributed by atoms with Crippen LogP contribution in [0.3, 0.4) is 0 Å². The molecule has 7 heteroatoms. The van der Waals surface area contributed by atoms with Crippen LogP contribution in [0, 0.1) is 5.92 Å². The summed E-state index contributed by atoms with van der Waals surface area (Å²) in [7, 11) is 1.26. The van der Waals surface area contributed by atoms with Gasteiger partial charge >= 0.3 is 12.1 Å². The van der Waals surface area contributed by atoms with E-state index in [0.29, 0.717) is 5.69 Å². The number of hydrogen-bond acceptors (Lipinski definition) is 4. The summed E-state index contributed by atoms with van der Waals surface area (Å²) < 4.78 is 4.71. The standard InChI is InChI=1S/C12H17N3O4/c1-6(2)10-9-7(13-5-14-9)4-8(11(16)19-3)15(10)12(17)18/h5-6,8,10H,4H2,1-3H3,(H,13,14)(H,17,18)/t8-,10-/m0/s1. The zero-order valence-corrected chi connectivity index (χ0v) is 11.1. The highest BCUT2D eigenvalue weighted by atomic mass is 16.5. The average molecular weight is 267 g/mol. The molecule has 0 spiro atoms. The number of methoxy groups -OCH3 is 1.